The van der Waals surface area contributed by atoms with Crippen LogP contribution < -0.4 is 11.1 Å². The fourth-order valence-electron chi connectivity index (χ4n) is 1.14. The third kappa shape index (κ3) is 3.40. The summed E-state index contributed by atoms with van der Waals surface area (Å²) in [5.74, 6) is -0.359. The average Bonchev–Trinajstić information content (AvgIpc) is 2.22. The molecule has 0 heterocycles. The summed E-state index contributed by atoms with van der Waals surface area (Å²) in [5.41, 5.74) is 6.36. The number of benzene rings is 1. The van der Waals surface area contributed by atoms with Gasteiger partial charge in [0.2, 0.25) is 12.3 Å². The van der Waals surface area contributed by atoms with E-state index in [9.17, 15) is 9.59 Å². The lowest BCUT2D eigenvalue weighted by Crippen LogP contribution is -2.41. The lowest BCUT2D eigenvalue weighted by molar-refractivity contribution is -0.126. The van der Waals surface area contributed by atoms with Crippen LogP contribution in [-0.2, 0) is 16.0 Å². The Hall–Kier alpha value is -1.88. The van der Waals surface area contributed by atoms with E-state index in [1.54, 1.807) is 12.1 Å². The Kier molecular flexibility index (Phi) is 3.82. The van der Waals surface area contributed by atoms with E-state index in [-0.39, 0.29) is 5.75 Å². The maximum atomic E-state index is 11.1. The van der Waals surface area contributed by atoms with E-state index in [1.807, 2.05) is 5.32 Å². The highest BCUT2D eigenvalue weighted by Gasteiger charge is 2.12. The number of carbonyl (C=O) groups is 2. The zero-order valence-electron chi connectivity index (χ0n) is 8.01. The van der Waals surface area contributed by atoms with Crippen LogP contribution in [0.1, 0.15) is 5.56 Å². The molecule has 1 aromatic carbocycles. The van der Waals surface area contributed by atoms with Crippen LogP contribution in [0, 0.1) is 0 Å². The highest BCUT2D eigenvalue weighted by molar-refractivity contribution is 5.89. The van der Waals surface area contributed by atoms with Gasteiger partial charge >= 0.3 is 0 Å². The van der Waals surface area contributed by atoms with Gasteiger partial charge in [-0.25, -0.2) is 0 Å². The predicted octanol–water partition coefficient (Wildman–Crippen LogP) is -0.465. The number of carbonyl (C=O) groups excluding carboxylic acids is 2. The first-order chi connectivity index (χ1) is 7.13. The Balaban J connectivity index is 2.57. The second-order valence-corrected chi connectivity index (χ2v) is 3.10. The average molecular weight is 208 g/mol. The first-order valence-corrected chi connectivity index (χ1v) is 4.41. The molecule has 0 saturated carbocycles. The monoisotopic (exact) mass is 208 g/mol. The largest absolute Gasteiger partial charge is 0.508 e. The molecular formula is C10H12N2O3. The summed E-state index contributed by atoms with van der Waals surface area (Å²) >= 11 is 0. The van der Waals surface area contributed by atoms with Gasteiger partial charge in [0.15, 0.2) is 0 Å². The number of rotatable bonds is 4. The van der Waals surface area contributed by atoms with E-state index in [0.717, 1.165) is 5.56 Å². The first kappa shape index (κ1) is 11.2. The molecule has 2 amide bonds. The van der Waals surface area contributed by atoms with Gasteiger partial charge in [0.25, 0.3) is 0 Å². The summed E-state index contributed by atoms with van der Waals surface area (Å²) in [6.07, 6.45) is 0.624. The topological polar surface area (TPSA) is 92.4 Å². The third-order valence-corrected chi connectivity index (χ3v) is 1.93. The summed E-state index contributed by atoms with van der Waals surface area (Å²) < 4.78 is 0. The number of phenolic OH excluding ortho intramolecular Hbond substituents is 1. The van der Waals surface area contributed by atoms with Gasteiger partial charge in [-0.3, -0.25) is 14.9 Å². The van der Waals surface area contributed by atoms with Crippen LogP contribution >= 0.6 is 0 Å². The van der Waals surface area contributed by atoms with E-state index in [0.29, 0.717) is 12.8 Å². The third-order valence-electron chi connectivity index (χ3n) is 1.93. The maximum Gasteiger partial charge on any atom is 0.243 e. The van der Waals surface area contributed by atoms with Crippen molar-refractivity contribution in [2.24, 2.45) is 5.73 Å². The molecule has 80 valence electrons. The predicted molar refractivity (Wildman–Crippen MR) is 54.0 cm³/mol. The van der Waals surface area contributed by atoms with E-state index in [1.165, 1.54) is 12.1 Å². The second-order valence-electron chi connectivity index (χ2n) is 3.10. The van der Waals surface area contributed by atoms with Crippen LogP contribution in [0.15, 0.2) is 24.3 Å². The molecule has 0 bridgehead atoms. The maximum absolute atomic E-state index is 11.1. The van der Waals surface area contributed by atoms with Gasteiger partial charge in [-0.15, -0.1) is 0 Å². The van der Waals surface area contributed by atoms with Crippen molar-refractivity contribution >= 4 is 12.3 Å². The molecule has 0 aliphatic rings. The van der Waals surface area contributed by atoms with Gasteiger partial charge in [0.05, 0.1) is 6.04 Å². The number of imide groups is 1. The summed E-state index contributed by atoms with van der Waals surface area (Å²) in [6.45, 7) is 0. The summed E-state index contributed by atoms with van der Waals surface area (Å²) in [4.78, 5) is 21.1. The Bertz CT molecular complexity index is 348. The van der Waals surface area contributed by atoms with Crippen molar-refractivity contribution in [3.63, 3.8) is 0 Å². The fourth-order valence-corrected chi connectivity index (χ4v) is 1.14. The van der Waals surface area contributed by atoms with Crippen molar-refractivity contribution < 1.29 is 14.7 Å². The lowest BCUT2D eigenvalue weighted by atomic mass is 10.1. The van der Waals surface area contributed by atoms with Crippen molar-refractivity contribution in [1.29, 1.82) is 0 Å². The molecule has 0 aliphatic carbocycles. The van der Waals surface area contributed by atoms with Crippen molar-refractivity contribution in [2.75, 3.05) is 0 Å². The molecule has 0 saturated heterocycles. The molecule has 1 rings (SSSR count). The van der Waals surface area contributed by atoms with Crippen molar-refractivity contribution in [3.05, 3.63) is 29.8 Å². The van der Waals surface area contributed by atoms with E-state index in [4.69, 9.17) is 10.8 Å². The van der Waals surface area contributed by atoms with Crippen molar-refractivity contribution in [3.8, 4) is 5.75 Å². The number of hydrogen-bond acceptors (Lipinski definition) is 4. The quantitative estimate of drug-likeness (QED) is 0.583. The molecule has 0 aliphatic heterocycles. The van der Waals surface area contributed by atoms with Crippen molar-refractivity contribution in [1.82, 2.24) is 5.32 Å². The van der Waals surface area contributed by atoms with Gasteiger partial charge in [0, 0.05) is 0 Å². The minimum atomic E-state index is -0.764. The number of aromatic hydroxyl groups is 1. The molecule has 5 nitrogen and oxygen atoms in total. The normalized spacial score (nSPS) is 11.8. The van der Waals surface area contributed by atoms with Crippen LogP contribution in [0.4, 0.5) is 0 Å². The number of amides is 2. The SMILES string of the molecule is N[C@@H](Cc1ccc(O)cc1)C(=O)NC=O. The highest BCUT2D eigenvalue weighted by atomic mass is 16.3. The minimum absolute atomic E-state index is 0.157. The molecule has 0 spiro atoms. The molecule has 0 fully saturated rings. The summed E-state index contributed by atoms with van der Waals surface area (Å²) in [6, 6.07) is 5.60. The van der Waals surface area contributed by atoms with Crippen LogP contribution in [0.25, 0.3) is 0 Å². The second kappa shape index (κ2) is 5.11. The van der Waals surface area contributed by atoms with Crippen LogP contribution in [-0.4, -0.2) is 23.5 Å². The van der Waals surface area contributed by atoms with E-state index >= 15 is 0 Å². The smallest absolute Gasteiger partial charge is 0.243 e. The van der Waals surface area contributed by atoms with Crippen molar-refractivity contribution in [2.45, 2.75) is 12.5 Å². The summed E-state index contributed by atoms with van der Waals surface area (Å²) in [7, 11) is 0. The number of nitrogens with two attached hydrogens (primary N) is 1. The molecule has 0 aromatic heterocycles. The molecule has 5 heteroatoms. The van der Waals surface area contributed by atoms with Gasteiger partial charge in [-0.1, -0.05) is 12.1 Å². The van der Waals surface area contributed by atoms with Crippen LogP contribution in [0.2, 0.25) is 0 Å². The Morgan fingerprint density at radius 2 is 2.07 bits per heavy atom. The van der Waals surface area contributed by atoms with E-state index < -0.39 is 11.9 Å². The molecule has 0 unspecified atom stereocenters. The molecule has 1 aromatic rings. The van der Waals surface area contributed by atoms with Gasteiger partial charge in [0.1, 0.15) is 5.75 Å². The van der Waals surface area contributed by atoms with Gasteiger partial charge in [-0.2, -0.15) is 0 Å². The van der Waals surface area contributed by atoms with Gasteiger partial charge < -0.3 is 10.8 Å². The zero-order chi connectivity index (χ0) is 11.3. The Morgan fingerprint density at radius 1 is 1.47 bits per heavy atom. The number of phenols is 1. The molecule has 1 atom stereocenters. The summed E-state index contributed by atoms with van der Waals surface area (Å²) in [5, 5.41) is 11.0. The molecular weight excluding hydrogens is 196 g/mol. The van der Waals surface area contributed by atoms with Gasteiger partial charge in [-0.05, 0) is 24.1 Å². The standard InChI is InChI=1S/C10H12N2O3/c11-9(10(15)12-6-13)5-7-1-3-8(14)4-2-7/h1-4,6,9,14H,5,11H2,(H,12,13,15)/t9-/m0/s1. The fraction of sp³-hybridized carbons (Fsp3) is 0.200. The van der Waals surface area contributed by atoms with Crippen LogP contribution in [0.5, 0.6) is 5.75 Å². The Labute approximate surface area is 86.9 Å². The first-order valence-electron chi connectivity index (χ1n) is 4.41. The van der Waals surface area contributed by atoms with E-state index in [2.05, 4.69) is 0 Å². The lowest BCUT2D eigenvalue weighted by Gasteiger charge is -2.09. The number of nitrogens with one attached hydrogen (secondary N) is 1. The zero-order valence-corrected chi connectivity index (χ0v) is 8.01. The molecule has 0 radical (unpaired) electrons. The molecule has 15 heavy (non-hydrogen) atoms. The molecule has 4 N–H and O–H groups in total. The number of hydrogen-bond donors (Lipinski definition) is 3. The highest BCUT2D eigenvalue weighted by Crippen LogP contribution is 2.10. The Morgan fingerprint density at radius 3 is 2.60 bits per heavy atom. The minimum Gasteiger partial charge on any atom is -0.508 e. The van der Waals surface area contributed by atoms with Crippen LogP contribution in [0.3, 0.4) is 0 Å².